The van der Waals surface area contributed by atoms with E-state index in [4.69, 9.17) is 0 Å². The number of carbonyl (C=O) groups excluding carboxylic acids is 3. The molecule has 0 unspecified atom stereocenters. The zero-order valence-electron chi connectivity index (χ0n) is 18.9. The van der Waals surface area contributed by atoms with Gasteiger partial charge in [0.15, 0.2) is 0 Å². The number of halogens is 2. The van der Waals surface area contributed by atoms with Crippen LogP contribution in [0.3, 0.4) is 0 Å². The number of hydrogen-bond donors (Lipinski definition) is 1. The van der Waals surface area contributed by atoms with Crippen LogP contribution in [-0.2, 0) is 9.59 Å². The zero-order chi connectivity index (χ0) is 23.3. The minimum absolute atomic E-state index is 0.0863. The molecule has 8 heteroatoms. The first kappa shape index (κ1) is 24.1. The van der Waals surface area contributed by atoms with Gasteiger partial charge in [0.2, 0.25) is 11.8 Å². The van der Waals surface area contributed by atoms with Crippen LogP contribution in [0.4, 0.5) is 8.78 Å². The molecule has 0 aliphatic carbocycles. The van der Waals surface area contributed by atoms with E-state index in [0.717, 1.165) is 50.9 Å². The van der Waals surface area contributed by atoms with Crippen molar-refractivity contribution in [2.24, 2.45) is 11.8 Å². The Bertz CT molecular complexity index is 810. The molecule has 0 spiro atoms. The van der Waals surface area contributed by atoms with Crippen LogP contribution in [0, 0.1) is 23.5 Å². The van der Waals surface area contributed by atoms with Crippen LogP contribution in [0.1, 0.15) is 62.7 Å². The van der Waals surface area contributed by atoms with Gasteiger partial charge < -0.3 is 15.1 Å². The van der Waals surface area contributed by atoms with Gasteiger partial charge in [-0.25, -0.2) is 8.78 Å². The summed E-state index contributed by atoms with van der Waals surface area (Å²) in [6.45, 7) is 6.02. The minimum atomic E-state index is -0.967. The molecule has 32 heavy (non-hydrogen) atoms. The maximum absolute atomic E-state index is 14.0. The highest BCUT2D eigenvalue weighted by atomic mass is 19.1. The third kappa shape index (κ3) is 5.64. The van der Waals surface area contributed by atoms with Crippen molar-refractivity contribution in [2.45, 2.75) is 58.4 Å². The molecular weight excluding hydrogens is 416 g/mol. The molecule has 1 aromatic rings. The monoisotopic (exact) mass is 449 g/mol. The first-order valence-corrected chi connectivity index (χ1v) is 11.6. The predicted octanol–water partition coefficient (Wildman–Crippen LogP) is 3.36. The number of rotatable bonds is 5. The van der Waals surface area contributed by atoms with Gasteiger partial charge >= 0.3 is 0 Å². The normalized spacial score (nSPS) is 18.9. The molecule has 176 valence electrons. The van der Waals surface area contributed by atoms with E-state index in [0.29, 0.717) is 25.9 Å². The number of nitrogens with zero attached hydrogens (tertiary/aromatic N) is 2. The molecule has 0 aromatic heterocycles. The van der Waals surface area contributed by atoms with Crippen LogP contribution in [0.5, 0.6) is 0 Å². The van der Waals surface area contributed by atoms with E-state index in [1.807, 2.05) is 4.90 Å². The maximum atomic E-state index is 14.0. The number of piperidine rings is 1. The zero-order valence-corrected chi connectivity index (χ0v) is 18.9. The second-order valence-electron chi connectivity index (χ2n) is 9.13. The fraction of sp³-hybridized carbons (Fsp3) is 0.625. The van der Waals surface area contributed by atoms with Crippen molar-refractivity contribution < 1.29 is 23.2 Å². The second kappa shape index (κ2) is 10.9. The lowest BCUT2D eigenvalue weighted by molar-refractivity contribution is -0.142. The van der Waals surface area contributed by atoms with Crippen LogP contribution in [-0.4, -0.2) is 59.7 Å². The molecular formula is C24H33F2N3O3. The van der Waals surface area contributed by atoms with Gasteiger partial charge in [-0.2, -0.15) is 0 Å². The smallest absolute Gasteiger partial charge is 0.257 e. The van der Waals surface area contributed by atoms with E-state index in [1.165, 1.54) is 6.07 Å². The van der Waals surface area contributed by atoms with Crippen molar-refractivity contribution in [3.05, 3.63) is 35.4 Å². The fourth-order valence-corrected chi connectivity index (χ4v) is 4.53. The van der Waals surface area contributed by atoms with E-state index in [9.17, 15) is 23.2 Å². The summed E-state index contributed by atoms with van der Waals surface area (Å²) < 4.78 is 27.9. The van der Waals surface area contributed by atoms with Crippen molar-refractivity contribution in [1.29, 1.82) is 0 Å². The summed E-state index contributed by atoms with van der Waals surface area (Å²) in [5.74, 6) is -3.34. The summed E-state index contributed by atoms with van der Waals surface area (Å²) in [4.78, 5) is 42.1. The van der Waals surface area contributed by atoms with Crippen LogP contribution in [0.25, 0.3) is 0 Å². The summed E-state index contributed by atoms with van der Waals surface area (Å²) in [6, 6.07) is 2.30. The number of nitrogens with one attached hydrogen (secondary N) is 1. The Morgan fingerprint density at radius 1 is 0.906 bits per heavy atom. The number of benzene rings is 1. The SMILES string of the molecule is CC(C)[C@H](NC(=O)c1c(F)cccc1F)C(=O)N1CCC(C(=O)N2CCCCCC2)CC1. The van der Waals surface area contributed by atoms with Crippen molar-refractivity contribution in [2.75, 3.05) is 26.2 Å². The van der Waals surface area contributed by atoms with Gasteiger partial charge in [-0.3, -0.25) is 14.4 Å². The third-order valence-corrected chi connectivity index (χ3v) is 6.48. The number of carbonyl (C=O) groups is 3. The average molecular weight is 450 g/mol. The van der Waals surface area contributed by atoms with Gasteiger partial charge in [0.1, 0.15) is 23.2 Å². The topological polar surface area (TPSA) is 69.7 Å². The first-order chi connectivity index (χ1) is 15.3. The van der Waals surface area contributed by atoms with E-state index >= 15 is 0 Å². The fourth-order valence-electron chi connectivity index (χ4n) is 4.53. The number of amides is 3. The molecule has 2 heterocycles. The highest BCUT2D eigenvalue weighted by Crippen LogP contribution is 2.23. The molecule has 1 N–H and O–H groups in total. The molecule has 3 amide bonds. The van der Waals surface area contributed by atoms with Crippen LogP contribution >= 0.6 is 0 Å². The minimum Gasteiger partial charge on any atom is -0.342 e. The molecule has 6 nitrogen and oxygen atoms in total. The molecule has 0 saturated carbocycles. The number of hydrogen-bond acceptors (Lipinski definition) is 3. The lowest BCUT2D eigenvalue weighted by Gasteiger charge is -2.36. The lowest BCUT2D eigenvalue weighted by atomic mass is 9.93. The van der Waals surface area contributed by atoms with Crippen molar-refractivity contribution in [3.8, 4) is 0 Å². The third-order valence-electron chi connectivity index (χ3n) is 6.48. The average Bonchev–Trinajstić information content (AvgIpc) is 3.06. The van der Waals surface area contributed by atoms with Gasteiger partial charge in [0.25, 0.3) is 5.91 Å². The van der Waals surface area contributed by atoms with E-state index in [-0.39, 0.29) is 23.7 Å². The molecule has 2 saturated heterocycles. The predicted molar refractivity (Wildman–Crippen MR) is 117 cm³/mol. The summed E-state index contributed by atoms with van der Waals surface area (Å²) in [6.07, 6.45) is 5.58. The van der Waals surface area contributed by atoms with E-state index in [2.05, 4.69) is 5.32 Å². The highest BCUT2D eigenvalue weighted by molar-refractivity contribution is 5.98. The Labute approximate surface area is 188 Å². The van der Waals surface area contributed by atoms with Gasteiger partial charge in [0.05, 0.1) is 0 Å². The highest BCUT2D eigenvalue weighted by Gasteiger charge is 2.35. The molecule has 2 aliphatic rings. The molecule has 3 rings (SSSR count). The van der Waals surface area contributed by atoms with Crippen molar-refractivity contribution >= 4 is 17.7 Å². The summed E-state index contributed by atoms with van der Waals surface area (Å²) >= 11 is 0. The summed E-state index contributed by atoms with van der Waals surface area (Å²) in [5, 5.41) is 2.52. The lowest BCUT2D eigenvalue weighted by Crippen LogP contribution is -2.54. The Morgan fingerprint density at radius 3 is 2.00 bits per heavy atom. The first-order valence-electron chi connectivity index (χ1n) is 11.6. The van der Waals surface area contributed by atoms with Gasteiger partial charge in [-0.15, -0.1) is 0 Å². The molecule has 0 radical (unpaired) electrons. The van der Waals surface area contributed by atoms with Crippen LogP contribution in [0.15, 0.2) is 18.2 Å². The Balaban J connectivity index is 1.60. The standard InChI is InChI=1S/C24H33F2N3O3/c1-16(2)21(27-22(30)20-18(25)8-7-9-19(20)26)24(32)29-14-10-17(11-15-29)23(31)28-12-5-3-4-6-13-28/h7-9,16-17,21H,3-6,10-15H2,1-2H3,(H,27,30)/t21-/m0/s1. The van der Waals surface area contributed by atoms with Gasteiger partial charge in [-0.1, -0.05) is 32.8 Å². The molecule has 1 atom stereocenters. The maximum Gasteiger partial charge on any atom is 0.257 e. The second-order valence-corrected chi connectivity index (χ2v) is 9.13. The molecule has 2 fully saturated rings. The molecule has 1 aromatic carbocycles. The van der Waals surface area contributed by atoms with Crippen molar-refractivity contribution in [3.63, 3.8) is 0 Å². The Hall–Kier alpha value is -2.51. The van der Waals surface area contributed by atoms with Gasteiger partial charge in [0, 0.05) is 32.1 Å². The largest absolute Gasteiger partial charge is 0.342 e. The summed E-state index contributed by atoms with van der Waals surface area (Å²) in [5.41, 5.74) is -0.687. The Morgan fingerprint density at radius 2 is 1.47 bits per heavy atom. The number of likely N-dealkylation sites (tertiary alicyclic amines) is 2. The molecule has 2 aliphatic heterocycles. The molecule has 0 bridgehead atoms. The van der Waals surface area contributed by atoms with E-state index in [1.54, 1.807) is 18.7 Å². The Kier molecular flexibility index (Phi) is 8.21. The van der Waals surface area contributed by atoms with Crippen LogP contribution in [0.2, 0.25) is 0 Å². The van der Waals surface area contributed by atoms with Crippen LogP contribution < -0.4 is 5.32 Å². The quantitative estimate of drug-likeness (QED) is 0.750. The summed E-state index contributed by atoms with van der Waals surface area (Å²) in [7, 11) is 0. The van der Waals surface area contributed by atoms with Gasteiger partial charge in [-0.05, 0) is 43.7 Å². The van der Waals surface area contributed by atoms with E-state index < -0.39 is 29.1 Å². The van der Waals surface area contributed by atoms with Crippen molar-refractivity contribution in [1.82, 2.24) is 15.1 Å².